The van der Waals surface area contributed by atoms with Gasteiger partial charge in [0, 0.05) is 10.4 Å². The zero-order chi connectivity index (χ0) is 9.91. The van der Waals surface area contributed by atoms with Gasteiger partial charge in [0.25, 0.3) is 0 Å². The predicted molar refractivity (Wildman–Crippen MR) is 29.8 cm³/mol. The Morgan fingerprint density at radius 3 is 1.23 bits per heavy atom. The monoisotopic (exact) mass is 368 g/mol. The van der Waals surface area contributed by atoms with Gasteiger partial charge in [0.15, 0.2) is 0 Å². The van der Waals surface area contributed by atoms with Crippen molar-refractivity contribution in [2.75, 3.05) is 0 Å². The minimum Gasteiger partial charge on any atom is 1.00 e. The molecule has 0 rings (SSSR count). The van der Waals surface area contributed by atoms with Gasteiger partial charge in [0.05, 0.1) is 8.69 Å². The third-order valence-electron chi connectivity index (χ3n) is 0. The van der Waals surface area contributed by atoms with E-state index in [1.54, 1.807) is 0 Å². The molecular formula is Cl2NaNi2O6PS. The fraction of sp³-hybridized carbons (Fsp3) is 0. The molecule has 13 heteroatoms. The van der Waals surface area contributed by atoms with Crippen molar-refractivity contribution in [3.05, 3.63) is 0 Å². The maximum absolute atomic E-state index is 8.52. The van der Waals surface area contributed by atoms with Crippen molar-refractivity contribution < 1.29 is 85.7 Å². The van der Waals surface area contributed by atoms with Gasteiger partial charge in [-0.1, -0.05) is 0 Å². The van der Waals surface area contributed by atoms with E-state index in [0.29, 0.717) is 12.7 Å². The summed E-state index contributed by atoms with van der Waals surface area (Å²) in [4.78, 5) is 8.35. The molecule has 0 saturated carbocycles. The molecule has 0 bridgehead atoms. The van der Waals surface area contributed by atoms with Gasteiger partial charge in [0.1, 0.15) is 0 Å². The van der Waals surface area contributed by atoms with Crippen LogP contribution in [0.3, 0.4) is 0 Å². The first-order chi connectivity index (χ1) is 4.83. The molecule has 0 radical (unpaired) electrons. The number of hydrogen-bond donors (Lipinski definition) is 0. The van der Waals surface area contributed by atoms with Crippen LogP contribution in [0.25, 0.3) is 0 Å². The largest absolute Gasteiger partial charge is 2.00 e. The second-order valence-corrected chi connectivity index (χ2v) is 3.12. The van der Waals surface area contributed by atoms with Crippen LogP contribution in [-0.2, 0) is 44.1 Å². The second-order valence-electron chi connectivity index (χ2n) is 0.528. The Labute approximate surface area is 124 Å². The molecule has 0 amide bonds. The molecular weight excluding hydrogens is 370 g/mol. The van der Waals surface area contributed by atoms with E-state index in [1.165, 1.54) is 0 Å². The molecule has 82 valence electrons. The van der Waals surface area contributed by atoms with Crippen LogP contribution in [-0.4, -0.2) is 17.5 Å². The van der Waals surface area contributed by atoms with Crippen LogP contribution in [0, 0.1) is 0 Å². The average Bonchev–Trinajstić information content (AvgIpc) is 1.62. The van der Waals surface area contributed by atoms with Crippen molar-refractivity contribution in [1.29, 1.82) is 0 Å². The minimum atomic E-state index is -5.17. The van der Waals surface area contributed by atoms with Gasteiger partial charge in [0.2, 0.25) is 0 Å². The van der Waals surface area contributed by atoms with Crippen LogP contribution in [0.4, 0.5) is 0 Å². The summed E-state index contributed by atoms with van der Waals surface area (Å²) in [7, 11) is 3.15. The van der Waals surface area contributed by atoms with Crippen molar-refractivity contribution in [1.82, 2.24) is 0 Å². The fourth-order valence-corrected chi connectivity index (χ4v) is 0. The Hall–Kier alpha value is 2.50. The van der Waals surface area contributed by atoms with Crippen molar-refractivity contribution in [3.8, 4) is 0 Å². The number of halogens is 2. The van der Waals surface area contributed by atoms with Crippen LogP contribution in [0.5, 0.6) is 0 Å². The quantitative estimate of drug-likeness (QED) is 0.190. The molecule has 0 fully saturated rings. The molecule has 0 aliphatic carbocycles. The average molecular weight is 370 g/mol. The molecule has 0 aliphatic rings. The van der Waals surface area contributed by atoms with Crippen LogP contribution < -0.4 is 34.5 Å². The molecule has 0 atom stereocenters. The van der Waals surface area contributed by atoms with Crippen LogP contribution in [0.15, 0.2) is 0 Å². The maximum atomic E-state index is 8.52. The zero-order valence-electron chi connectivity index (χ0n) is 5.69. The zero-order valence-corrected chi connectivity index (χ0v) is 12.9. The fourth-order valence-electron chi connectivity index (χ4n) is 0. The Morgan fingerprint density at radius 1 is 1.23 bits per heavy atom. The Kier molecular flexibility index (Phi) is 54.5. The Morgan fingerprint density at radius 2 is 1.23 bits per heavy atom. The predicted octanol–water partition coefficient (Wildman–Crippen LogP) is -3.41. The van der Waals surface area contributed by atoms with E-state index < -0.39 is 19.1 Å². The molecule has 0 aliphatic heterocycles. The van der Waals surface area contributed by atoms with Gasteiger partial charge in [-0.2, -0.15) is 0 Å². The molecule has 0 aromatic heterocycles. The van der Waals surface area contributed by atoms with Gasteiger partial charge >= 0.3 is 79.1 Å². The van der Waals surface area contributed by atoms with Crippen LogP contribution in [0.1, 0.15) is 0 Å². The van der Waals surface area contributed by atoms with Crippen LogP contribution >= 0.6 is 29.1 Å². The van der Waals surface area contributed by atoms with E-state index in [0.717, 1.165) is 0 Å². The topological polar surface area (TPSA) is 120 Å². The molecule has 6 nitrogen and oxygen atoms in total. The molecule has 0 spiro atoms. The van der Waals surface area contributed by atoms with E-state index in [9.17, 15) is 0 Å². The molecule has 0 saturated heterocycles. The molecule has 0 aromatic rings. The van der Waals surface area contributed by atoms with E-state index in [2.05, 4.69) is 0 Å². The minimum absolute atomic E-state index is 0. The summed E-state index contributed by atoms with van der Waals surface area (Å²) in [6.45, 7) is 0. The Bertz CT molecular complexity index is 154. The van der Waals surface area contributed by atoms with Crippen molar-refractivity contribution in [2.24, 2.45) is 0 Å². The van der Waals surface area contributed by atoms with Crippen LogP contribution in [0.2, 0.25) is 0 Å². The smallest absolute Gasteiger partial charge is 1.00 e. The molecule has 13 heavy (non-hydrogen) atoms. The van der Waals surface area contributed by atoms with Crippen molar-refractivity contribution in [3.63, 3.8) is 0 Å². The first-order valence-corrected chi connectivity index (χ1v) is 6.05. The maximum Gasteiger partial charge on any atom is 2.00 e. The van der Waals surface area contributed by atoms with Gasteiger partial charge in [-0.15, -0.1) is 0 Å². The standard InChI is InChI=1S/2ClH.Na.2Ni.H2O4S.HO2P/c;;;;;1-5(2,3)4;1-3-2/h2*1H;;;;(H2,1,2,3,4);(H,1,2)/q;;+1;2*+2;;/p-5. The first kappa shape index (κ1) is 29.6. The summed E-state index contributed by atoms with van der Waals surface area (Å²) in [5, 5.41) is 0. The van der Waals surface area contributed by atoms with Crippen molar-refractivity contribution in [2.45, 2.75) is 0 Å². The number of hydrogen-bond acceptors (Lipinski definition) is 6. The molecule has 0 heterocycles. The SMILES string of the molecule is O=P[O-].O=S(=O)([O-])[O-].[Cl][Ni][Cl].[Na+].[Ni+2]. The summed E-state index contributed by atoms with van der Waals surface area (Å²) in [5.41, 5.74) is 0. The third-order valence-corrected chi connectivity index (χ3v) is 0. The van der Waals surface area contributed by atoms with Gasteiger partial charge in [-0.3, -0.25) is 13.0 Å². The summed E-state index contributed by atoms with van der Waals surface area (Å²) >= 11 is 0.569. The van der Waals surface area contributed by atoms with E-state index >= 15 is 0 Å². The normalized spacial score (nSPS) is 7.77. The van der Waals surface area contributed by atoms with E-state index in [4.69, 9.17) is 47.4 Å². The molecule has 0 N–H and O–H groups in total. The summed E-state index contributed by atoms with van der Waals surface area (Å²) in [5.74, 6) is 0. The first-order valence-electron chi connectivity index (χ1n) is 1.27. The van der Waals surface area contributed by atoms with Gasteiger partial charge < -0.3 is 14.0 Å². The Balaban J connectivity index is -0.0000000240. The van der Waals surface area contributed by atoms with E-state index in [-0.39, 0.29) is 46.0 Å². The summed E-state index contributed by atoms with van der Waals surface area (Å²) in [6, 6.07) is 0. The summed E-state index contributed by atoms with van der Waals surface area (Å²) in [6.07, 6.45) is 0. The molecule has 0 unspecified atom stereocenters. The summed E-state index contributed by atoms with van der Waals surface area (Å²) < 4.78 is 42.4. The molecule has 0 aromatic carbocycles. The third kappa shape index (κ3) is 363. The van der Waals surface area contributed by atoms with Gasteiger partial charge in [-0.25, -0.2) is 0 Å². The van der Waals surface area contributed by atoms with Gasteiger partial charge in [-0.05, 0) is 0 Å². The van der Waals surface area contributed by atoms with E-state index in [1.807, 2.05) is 0 Å². The second kappa shape index (κ2) is 24.0. The number of rotatable bonds is 0. The van der Waals surface area contributed by atoms with Crippen molar-refractivity contribution >= 4 is 39.5 Å².